The molecule has 1 atom stereocenters. The summed E-state index contributed by atoms with van der Waals surface area (Å²) in [5.41, 5.74) is 1.11. The molecular weight excluding hydrogens is 192 g/mol. The van der Waals surface area contributed by atoms with Crippen LogP contribution in [-0.4, -0.2) is 18.1 Å². The fourth-order valence-corrected chi connectivity index (χ4v) is 1.08. The first-order chi connectivity index (χ1) is 7.24. The summed E-state index contributed by atoms with van der Waals surface area (Å²) in [6.45, 7) is 2.00. The zero-order valence-electron chi connectivity index (χ0n) is 8.81. The molecule has 0 spiro atoms. The van der Waals surface area contributed by atoms with Gasteiger partial charge in [-0.3, -0.25) is 4.98 Å². The minimum absolute atomic E-state index is 0.133. The number of pyridine rings is 1. The number of carbonyl (C=O) groups excluding carboxylic acids is 1. The van der Waals surface area contributed by atoms with Gasteiger partial charge in [-0.25, -0.2) is 4.79 Å². The summed E-state index contributed by atoms with van der Waals surface area (Å²) >= 11 is 0. The van der Waals surface area contributed by atoms with Gasteiger partial charge in [-0.2, -0.15) is 0 Å². The minimum atomic E-state index is -0.371. The van der Waals surface area contributed by atoms with Crippen LogP contribution in [0.4, 0.5) is 0 Å². The molecule has 1 aromatic rings. The summed E-state index contributed by atoms with van der Waals surface area (Å²) in [5.74, 6) is -0.371. The van der Waals surface area contributed by atoms with Crippen LogP contribution in [0.15, 0.2) is 36.8 Å². The van der Waals surface area contributed by atoms with Gasteiger partial charge in [0.2, 0.25) is 0 Å². The Labute approximate surface area is 89.0 Å². The average Bonchev–Trinajstić information content (AvgIpc) is 2.29. The lowest BCUT2D eigenvalue weighted by molar-refractivity contribution is -0.134. The van der Waals surface area contributed by atoms with E-state index in [0.717, 1.165) is 5.56 Å². The third kappa shape index (κ3) is 3.81. The van der Waals surface area contributed by atoms with Gasteiger partial charge < -0.3 is 10.1 Å². The summed E-state index contributed by atoms with van der Waals surface area (Å²) in [6.07, 6.45) is 6.39. The summed E-state index contributed by atoms with van der Waals surface area (Å²) in [4.78, 5) is 14.7. The first-order valence-electron chi connectivity index (χ1n) is 4.64. The number of esters is 1. The summed E-state index contributed by atoms with van der Waals surface area (Å²) in [6, 6.07) is 3.97. The van der Waals surface area contributed by atoms with Crippen LogP contribution in [0.5, 0.6) is 0 Å². The van der Waals surface area contributed by atoms with Crippen molar-refractivity contribution in [3.8, 4) is 0 Å². The van der Waals surface area contributed by atoms with Crippen molar-refractivity contribution in [3.63, 3.8) is 0 Å². The number of rotatable bonds is 4. The molecular formula is C11H14N2O2. The quantitative estimate of drug-likeness (QED) is 0.598. The maximum atomic E-state index is 10.8. The predicted molar refractivity (Wildman–Crippen MR) is 56.9 cm³/mol. The maximum absolute atomic E-state index is 10.8. The second kappa shape index (κ2) is 5.80. The number of ether oxygens (including phenoxy) is 1. The van der Waals surface area contributed by atoms with Crippen molar-refractivity contribution in [2.75, 3.05) is 7.11 Å². The smallest absolute Gasteiger partial charge is 0.331 e. The number of nitrogens with one attached hydrogen (secondary N) is 1. The molecule has 0 saturated heterocycles. The van der Waals surface area contributed by atoms with Crippen LogP contribution < -0.4 is 5.32 Å². The Balaban J connectivity index is 2.47. The average molecular weight is 206 g/mol. The number of aromatic nitrogens is 1. The number of methoxy groups -OCH3 is 1. The second-order valence-electron chi connectivity index (χ2n) is 3.03. The highest BCUT2D eigenvalue weighted by molar-refractivity contribution is 5.81. The summed E-state index contributed by atoms with van der Waals surface area (Å²) in [5, 5.41) is 3.05. The van der Waals surface area contributed by atoms with Crippen molar-refractivity contribution in [3.05, 3.63) is 42.4 Å². The fraction of sp³-hybridized carbons (Fsp3) is 0.273. The molecule has 0 aliphatic carbocycles. The molecule has 0 aromatic carbocycles. The van der Waals surface area contributed by atoms with E-state index < -0.39 is 0 Å². The zero-order valence-corrected chi connectivity index (χ0v) is 8.81. The highest BCUT2D eigenvalue weighted by Crippen LogP contribution is 2.09. The van der Waals surface area contributed by atoms with Gasteiger partial charge in [-0.05, 0) is 24.6 Å². The molecule has 0 amide bonds. The Morgan fingerprint density at radius 2 is 2.20 bits per heavy atom. The molecule has 15 heavy (non-hydrogen) atoms. The van der Waals surface area contributed by atoms with E-state index in [1.165, 1.54) is 13.2 Å². The lowest BCUT2D eigenvalue weighted by Crippen LogP contribution is -2.12. The number of hydrogen-bond donors (Lipinski definition) is 1. The molecule has 0 saturated carbocycles. The molecule has 80 valence electrons. The summed E-state index contributed by atoms with van der Waals surface area (Å²) < 4.78 is 4.46. The monoisotopic (exact) mass is 206 g/mol. The third-order valence-corrected chi connectivity index (χ3v) is 1.97. The predicted octanol–water partition coefficient (Wildman–Crippen LogP) is 1.42. The van der Waals surface area contributed by atoms with Crippen molar-refractivity contribution >= 4 is 5.97 Å². The van der Waals surface area contributed by atoms with Gasteiger partial charge in [0, 0.05) is 30.7 Å². The van der Waals surface area contributed by atoms with Crippen molar-refractivity contribution in [1.82, 2.24) is 10.3 Å². The van der Waals surface area contributed by atoms with E-state index in [1.54, 1.807) is 18.6 Å². The molecule has 4 heteroatoms. The van der Waals surface area contributed by atoms with E-state index in [9.17, 15) is 4.79 Å². The van der Waals surface area contributed by atoms with Crippen LogP contribution in [0.3, 0.4) is 0 Å². The summed E-state index contributed by atoms with van der Waals surface area (Å²) in [7, 11) is 1.35. The largest absolute Gasteiger partial charge is 0.466 e. The molecule has 1 heterocycles. The van der Waals surface area contributed by atoms with Gasteiger partial charge in [0.15, 0.2) is 0 Å². The Morgan fingerprint density at radius 3 is 2.80 bits per heavy atom. The molecule has 0 fully saturated rings. The van der Waals surface area contributed by atoms with Crippen molar-refractivity contribution in [2.24, 2.45) is 0 Å². The van der Waals surface area contributed by atoms with Crippen LogP contribution in [0, 0.1) is 0 Å². The molecule has 0 aliphatic rings. The number of hydrogen-bond acceptors (Lipinski definition) is 4. The van der Waals surface area contributed by atoms with Crippen molar-refractivity contribution in [1.29, 1.82) is 0 Å². The van der Waals surface area contributed by atoms with E-state index in [4.69, 9.17) is 0 Å². The normalized spacial score (nSPS) is 12.4. The van der Waals surface area contributed by atoms with Crippen LogP contribution >= 0.6 is 0 Å². The number of carbonyl (C=O) groups is 1. The molecule has 0 bridgehead atoms. The SMILES string of the molecule is COC(=O)/C=C/N[C@H](C)c1ccncc1. The van der Waals surface area contributed by atoms with Gasteiger partial charge in [-0.1, -0.05) is 0 Å². The molecule has 1 rings (SSSR count). The lowest BCUT2D eigenvalue weighted by Gasteiger charge is -2.11. The second-order valence-corrected chi connectivity index (χ2v) is 3.03. The Hall–Kier alpha value is -1.84. The molecule has 4 nitrogen and oxygen atoms in total. The maximum Gasteiger partial charge on any atom is 0.331 e. The van der Waals surface area contributed by atoms with E-state index in [2.05, 4.69) is 15.0 Å². The topological polar surface area (TPSA) is 51.2 Å². The molecule has 0 aliphatic heterocycles. The van der Waals surface area contributed by atoms with Gasteiger partial charge in [0.25, 0.3) is 0 Å². The van der Waals surface area contributed by atoms with E-state index >= 15 is 0 Å². The standard InChI is InChI=1S/C11H14N2O2/c1-9(10-3-6-12-7-4-10)13-8-5-11(14)15-2/h3-9,13H,1-2H3/b8-5+/t9-/m1/s1. The van der Waals surface area contributed by atoms with Crippen LogP contribution in [0.25, 0.3) is 0 Å². The van der Waals surface area contributed by atoms with Crippen LogP contribution in [-0.2, 0) is 9.53 Å². The Morgan fingerprint density at radius 1 is 1.53 bits per heavy atom. The highest BCUT2D eigenvalue weighted by Gasteiger charge is 2.00. The molecule has 0 unspecified atom stereocenters. The van der Waals surface area contributed by atoms with Gasteiger partial charge in [-0.15, -0.1) is 0 Å². The minimum Gasteiger partial charge on any atom is -0.466 e. The van der Waals surface area contributed by atoms with Crippen molar-refractivity contribution < 1.29 is 9.53 Å². The van der Waals surface area contributed by atoms with E-state index in [-0.39, 0.29) is 12.0 Å². The van der Waals surface area contributed by atoms with Crippen molar-refractivity contribution in [2.45, 2.75) is 13.0 Å². The van der Waals surface area contributed by atoms with Crippen LogP contribution in [0.2, 0.25) is 0 Å². The van der Waals surface area contributed by atoms with Gasteiger partial charge >= 0.3 is 5.97 Å². The van der Waals surface area contributed by atoms with Gasteiger partial charge in [0.1, 0.15) is 0 Å². The first-order valence-corrected chi connectivity index (χ1v) is 4.64. The van der Waals surface area contributed by atoms with Gasteiger partial charge in [0.05, 0.1) is 7.11 Å². The van der Waals surface area contributed by atoms with E-state index in [1.807, 2.05) is 19.1 Å². The van der Waals surface area contributed by atoms with Crippen LogP contribution in [0.1, 0.15) is 18.5 Å². The fourth-order valence-electron chi connectivity index (χ4n) is 1.08. The lowest BCUT2D eigenvalue weighted by atomic mass is 10.1. The first kappa shape index (κ1) is 11.2. The van der Waals surface area contributed by atoms with E-state index in [0.29, 0.717) is 0 Å². The third-order valence-electron chi connectivity index (χ3n) is 1.97. The Bertz CT molecular complexity index is 336. The molecule has 0 radical (unpaired) electrons. The number of nitrogens with zero attached hydrogens (tertiary/aromatic N) is 1. The zero-order chi connectivity index (χ0) is 11.1. The molecule has 1 aromatic heterocycles. The highest BCUT2D eigenvalue weighted by atomic mass is 16.5. The molecule has 1 N–H and O–H groups in total. The Kier molecular flexibility index (Phi) is 4.34.